The Morgan fingerprint density at radius 1 is 1.45 bits per heavy atom. The van der Waals surface area contributed by atoms with Crippen molar-refractivity contribution < 1.29 is 14.0 Å². The lowest BCUT2D eigenvalue weighted by molar-refractivity contribution is -0.140. The van der Waals surface area contributed by atoms with Gasteiger partial charge in [0.1, 0.15) is 11.9 Å². The third kappa shape index (κ3) is 2.66. The van der Waals surface area contributed by atoms with E-state index in [0.29, 0.717) is 11.3 Å². The summed E-state index contributed by atoms with van der Waals surface area (Å²) in [6, 6.07) is 3.93. The fourth-order valence-corrected chi connectivity index (χ4v) is 2.35. The molecule has 1 N–H and O–H groups in total. The van der Waals surface area contributed by atoms with Gasteiger partial charge in [0, 0.05) is 11.7 Å². The largest absolute Gasteiger partial charge is 0.373 e. The number of hydrogen-bond donors (Lipinski definition) is 1. The lowest BCUT2D eigenvalue weighted by Crippen LogP contribution is -2.40. The van der Waals surface area contributed by atoms with Crippen LogP contribution in [-0.2, 0) is 9.59 Å². The van der Waals surface area contributed by atoms with Crippen LogP contribution >= 0.6 is 0 Å². The summed E-state index contributed by atoms with van der Waals surface area (Å²) in [5.74, 6) is -0.641. The van der Waals surface area contributed by atoms with Gasteiger partial charge in [0.2, 0.25) is 5.91 Å². The van der Waals surface area contributed by atoms with Crippen LogP contribution in [0.15, 0.2) is 18.2 Å². The Kier molecular flexibility index (Phi) is 4.06. The Bertz CT molecular complexity index is 545. The molecule has 20 heavy (non-hydrogen) atoms. The number of benzene rings is 1. The van der Waals surface area contributed by atoms with Crippen LogP contribution in [0.1, 0.15) is 32.3 Å². The van der Waals surface area contributed by atoms with Crippen molar-refractivity contribution in [3.8, 4) is 0 Å². The third-order valence-corrected chi connectivity index (χ3v) is 3.71. The molecule has 5 heteroatoms. The molecule has 1 aliphatic heterocycles. The summed E-state index contributed by atoms with van der Waals surface area (Å²) in [5.41, 5.74) is 1.16. The first-order chi connectivity index (χ1) is 9.43. The van der Waals surface area contributed by atoms with Crippen LogP contribution in [0.5, 0.6) is 0 Å². The number of nitrogens with one attached hydrogen (secondary N) is 1. The van der Waals surface area contributed by atoms with E-state index in [1.807, 2.05) is 13.8 Å². The first-order valence-electron chi connectivity index (χ1n) is 6.82. The van der Waals surface area contributed by atoms with Gasteiger partial charge in [-0.05, 0) is 44.0 Å². The molecule has 2 amide bonds. The maximum absolute atomic E-state index is 13.2. The second kappa shape index (κ2) is 5.61. The monoisotopic (exact) mass is 278 g/mol. The second-order valence-corrected chi connectivity index (χ2v) is 5.22. The Morgan fingerprint density at radius 2 is 2.15 bits per heavy atom. The number of likely N-dealkylation sites (tertiary alicyclic amines) is 1. The van der Waals surface area contributed by atoms with Gasteiger partial charge in [0.15, 0.2) is 0 Å². The van der Waals surface area contributed by atoms with Crippen LogP contribution in [0.3, 0.4) is 0 Å². The van der Waals surface area contributed by atoms with Crippen molar-refractivity contribution in [1.82, 2.24) is 4.90 Å². The van der Waals surface area contributed by atoms with Crippen molar-refractivity contribution in [3.63, 3.8) is 0 Å². The van der Waals surface area contributed by atoms with E-state index in [-0.39, 0.29) is 30.1 Å². The van der Waals surface area contributed by atoms with E-state index in [9.17, 15) is 14.0 Å². The molecule has 1 aromatic rings. The van der Waals surface area contributed by atoms with E-state index in [2.05, 4.69) is 5.32 Å². The molecule has 0 bridgehead atoms. The number of hydrogen-bond acceptors (Lipinski definition) is 3. The summed E-state index contributed by atoms with van der Waals surface area (Å²) in [6.07, 6.45) is 0.888. The lowest BCUT2D eigenvalue weighted by Gasteiger charge is -2.22. The van der Waals surface area contributed by atoms with Crippen molar-refractivity contribution in [1.29, 1.82) is 0 Å². The molecule has 0 saturated carbocycles. The molecule has 2 unspecified atom stereocenters. The summed E-state index contributed by atoms with van der Waals surface area (Å²) in [6.45, 7) is 5.46. The van der Waals surface area contributed by atoms with Crippen molar-refractivity contribution >= 4 is 17.5 Å². The molecule has 1 fully saturated rings. The summed E-state index contributed by atoms with van der Waals surface area (Å²) < 4.78 is 13.2. The highest BCUT2D eigenvalue weighted by Crippen LogP contribution is 2.22. The maximum Gasteiger partial charge on any atom is 0.252 e. The number of imide groups is 1. The van der Waals surface area contributed by atoms with Crippen LogP contribution in [0.25, 0.3) is 0 Å². The Balaban J connectivity index is 2.13. The first-order valence-corrected chi connectivity index (χ1v) is 6.82. The number of carbonyl (C=O) groups excluding carboxylic acids is 2. The Hall–Kier alpha value is -1.91. The lowest BCUT2D eigenvalue weighted by atomic mass is 10.1. The van der Waals surface area contributed by atoms with Crippen LogP contribution < -0.4 is 5.32 Å². The number of nitrogens with zero attached hydrogens (tertiary/aromatic N) is 1. The SMILES string of the molecule is CCC(C)N1C(=O)CC(Nc2ccc(F)c(C)c2)C1=O. The first kappa shape index (κ1) is 14.5. The predicted molar refractivity (Wildman–Crippen MR) is 74.8 cm³/mol. The van der Waals surface area contributed by atoms with Gasteiger partial charge in [-0.25, -0.2) is 4.39 Å². The number of rotatable bonds is 4. The smallest absolute Gasteiger partial charge is 0.252 e. The van der Waals surface area contributed by atoms with Gasteiger partial charge in [-0.15, -0.1) is 0 Å². The number of halogens is 1. The number of anilines is 1. The molecule has 1 saturated heterocycles. The van der Waals surface area contributed by atoms with Crippen LogP contribution in [0.2, 0.25) is 0 Å². The van der Waals surface area contributed by atoms with Gasteiger partial charge < -0.3 is 5.32 Å². The third-order valence-electron chi connectivity index (χ3n) is 3.71. The van der Waals surface area contributed by atoms with Crippen molar-refractivity contribution in [2.75, 3.05) is 5.32 Å². The Morgan fingerprint density at radius 3 is 2.75 bits per heavy atom. The van der Waals surface area contributed by atoms with Crippen LogP contribution in [-0.4, -0.2) is 28.8 Å². The van der Waals surface area contributed by atoms with Gasteiger partial charge in [-0.2, -0.15) is 0 Å². The molecule has 108 valence electrons. The van der Waals surface area contributed by atoms with Gasteiger partial charge in [0.25, 0.3) is 5.91 Å². The van der Waals surface area contributed by atoms with E-state index in [1.54, 1.807) is 19.1 Å². The molecule has 1 heterocycles. The number of aryl methyl sites for hydroxylation is 1. The molecule has 2 rings (SSSR count). The predicted octanol–water partition coefficient (Wildman–Crippen LogP) is 2.47. The average molecular weight is 278 g/mol. The highest BCUT2D eigenvalue weighted by atomic mass is 19.1. The molecule has 0 aromatic heterocycles. The maximum atomic E-state index is 13.2. The molecule has 1 aliphatic rings. The quantitative estimate of drug-likeness (QED) is 0.861. The highest BCUT2D eigenvalue weighted by Gasteiger charge is 2.40. The van der Waals surface area contributed by atoms with Gasteiger partial charge in [0.05, 0.1) is 6.42 Å². The molecule has 0 radical (unpaired) electrons. The second-order valence-electron chi connectivity index (χ2n) is 5.22. The average Bonchev–Trinajstić information content (AvgIpc) is 2.68. The Labute approximate surface area is 118 Å². The van der Waals surface area contributed by atoms with Gasteiger partial charge in [-0.1, -0.05) is 6.92 Å². The minimum atomic E-state index is -0.554. The molecular weight excluding hydrogens is 259 g/mol. The number of amides is 2. The topological polar surface area (TPSA) is 49.4 Å². The highest BCUT2D eigenvalue weighted by molar-refractivity contribution is 6.07. The molecule has 1 aromatic carbocycles. The zero-order valence-corrected chi connectivity index (χ0v) is 11.9. The normalized spacial score (nSPS) is 20.4. The van der Waals surface area contributed by atoms with E-state index >= 15 is 0 Å². The molecular formula is C15H19FN2O2. The van der Waals surface area contributed by atoms with E-state index in [4.69, 9.17) is 0 Å². The van der Waals surface area contributed by atoms with Crippen molar-refractivity contribution in [3.05, 3.63) is 29.6 Å². The minimum absolute atomic E-state index is 0.0863. The fourth-order valence-electron chi connectivity index (χ4n) is 2.35. The van der Waals surface area contributed by atoms with Crippen molar-refractivity contribution in [2.24, 2.45) is 0 Å². The zero-order valence-electron chi connectivity index (χ0n) is 11.9. The zero-order chi connectivity index (χ0) is 14.9. The summed E-state index contributed by atoms with van der Waals surface area (Å²) in [5, 5.41) is 3.02. The van der Waals surface area contributed by atoms with Crippen LogP contribution in [0.4, 0.5) is 10.1 Å². The molecule has 0 aliphatic carbocycles. The molecule has 0 spiro atoms. The van der Waals surface area contributed by atoms with Crippen LogP contribution in [0, 0.1) is 12.7 Å². The van der Waals surface area contributed by atoms with E-state index < -0.39 is 6.04 Å². The molecule has 2 atom stereocenters. The number of carbonyl (C=O) groups is 2. The fraction of sp³-hybridized carbons (Fsp3) is 0.467. The molecule has 4 nitrogen and oxygen atoms in total. The minimum Gasteiger partial charge on any atom is -0.373 e. The summed E-state index contributed by atoms with van der Waals surface area (Å²) in [4.78, 5) is 25.5. The van der Waals surface area contributed by atoms with Gasteiger partial charge in [-0.3, -0.25) is 14.5 Å². The summed E-state index contributed by atoms with van der Waals surface area (Å²) in [7, 11) is 0. The van der Waals surface area contributed by atoms with Gasteiger partial charge >= 0.3 is 0 Å². The van der Waals surface area contributed by atoms with Crippen molar-refractivity contribution in [2.45, 2.75) is 45.7 Å². The summed E-state index contributed by atoms with van der Waals surface area (Å²) >= 11 is 0. The van der Waals surface area contributed by atoms with E-state index in [0.717, 1.165) is 6.42 Å². The standard InChI is InChI=1S/C15H19FN2O2/c1-4-10(3)18-14(19)8-13(15(18)20)17-11-5-6-12(16)9(2)7-11/h5-7,10,13,17H,4,8H2,1-3H3. The van der Waals surface area contributed by atoms with E-state index in [1.165, 1.54) is 11.0 Å².